The van der Waals surface area contributed by atoms with Crippen LogP contribution < -0.4 is 4.80 Å². The van der Waals surface area contributed by atoms with E-state index in [1.165, 1.54) is 15.8 Å². The van der Waals surface area contributed by atoms with Crippen LogP contribution in [0.5, 0.6) is 0 Å². The van der Waals surface area contributed by atoms with Crippen molar-refractivity contribution in [2.45, 2.75) is 13.3 Å². The van der Waals surface area contributed by atoms with Crippen LogP contribution in [0.15, 0.2) is 58.7 Å². The van der Waals surface area contributed by atoms with Crippen molar-refractivity contribution in [3.8, 4) is 0 Å². The third-order valence-electron chi connectivity index (χ3n) is 3.45. The Kier molecular flexibility index (Phi) is 3.97. The second kappa shape index (κ2) is 6.06. The maximum Gasteiger partial charge on any atom is 0.211 e. The van der Waals surface area contributed by atoms with Crippen LogP contribution in [0.2, 0.25) is 0 Å². The van der Waals surface area contributed by atoms with Crippen LogP contribution in [0.4, 0.5) is 0 Å². The van der Waals surface area contributed by atoms with E-state index in [-0.39, 0.29) is 0 Å². The van der Waals surface area contributed by atoms with Gasteiger partial charge < -0.3 is 4.57 Å². The SMILES string of the molecule is CCc1ccc(/C=N/N=c2\sc3ccccc3n2C)cc1. The van der Waals surface area contributed by atoms with E-state index in [4.69, 9.17) is 0 Å². The number of benzene rings is 2. The van der Waals surface area contributed by atoms with Gasteiger partial charge in [-0.1, -0.05) is 54.7 Å². The Bertz CT molecular complexity index is 838. The first-order chi connectivity index (χ1) is 10.3. The zero-order chi connectivity index (χ0) is 14.7. The normalized spacial score (nSPS) is 12.6. The fraction of sp³-hybridized carbons (Fsp3) is 0.176. The largest absolute Gasteiger partial charge is 0.318 e. The fourth-order valence-electron chi connectivity index (χ4n) is 2.16. The molecule has 0 spiro atoms. The smallest absolute Gasteiger partial charge is 0.211 e. The minimum Gasteiger partial charge on any atom is -0.318 e. The van der Waals surface area contributed by atoms with Gasteiger partial charge in [-0.25, -0.2) is 0 Å². The van der Waals surface area contributed by atoms with E-state index in [1.807, 2.05) is 19.2 Å². The summed E-state index contributed by atoms with van der Waals surface area (Å²) in [5, 5.41) is 8.54. The third-order valence-corrected chi connectivity index (χ3v) is 4.56. The second-order valence-corrected chi connectivity index (χ2v) is 5.86. The number of hydrogen-bond donors (Lipinski definition) is 0. The van der Waals surface area contributed by atoms with Crippen molar-refractivity contribution in [1.29, 1.82) is 0 Å². The summed E-state index contributed by atoms with van der Waals surface area (Å²) in [4.78, 5) is 0.901. The van der Waals surface area contributed by atoms with Crippen LogP contribution in [-0.2, 0) is 13.5 Å². The van der Waals surface area contributed by atoms with E-state index in [0.29, 0.717) is 0 Å². The van der Waals surface area contributed by atoms with Crippen molar-refractivity contribution in [2.24, 2.45) is 17.3 Å². The van der Waals surface area contributed by atoms with Gasteiger partial charge in [-0.15, -0.1) is 5.10 Å². The number of fused-ring (bicyclic) bond motifs is 1. The Morgan fingerprint density at radius 1 is 1.10 bits per heavy atom. The van der Waals surface area contributed by atoms with Gasteiger partial charge in [0.25, 0.3) is 0 Å². The van der Waals surface area contributed by atoms with Gasteiger partial charge in [0.1, 0.15) is 0 Å². The molecule has 106 valence electrons. The zero-order valence-corrected chi connectivity index (χ0v) is 13.0. The van der Waals surface area contributed by atoms with Gasteiger partial charge in [-0.3, -0.25) is 0 Å². The molecule has 0 aliphatic rings. The number of para-hydroxylation sites is 1. The van der Waals surface area contributed by atoms with Crippen LogP contribution in [0.3, 0.4) is 0 Å². The molecule has 0 amide bonds. The molecule has 3 aromatic rings. The molecule has 2 aromatic carbocycles. The number of rotatable bonds is 3. The first kappa shape index (κ1) is 13.8. The van der Waals surface area contributed by atoms with Crippen molar-refractivity contribution < 1.29 is 0 Å². The van der Waals surface area contributed by atoms with Crippen molar-refractivity contribution in [2.75, 3.05) is 0 Å². The number of aromatic nitrogens is 1. The molecule has 0 atom stereocenters. The van der Waals surface area contributed by atoms with Gasteiger partial charge in [-0.2, -0.15) is 5.10 Å². The lowest BCUT2D eigenvalue weighted by Gasteiger charge is -1.95. The summed E-state index contributed by atoms with van der Waals surface area (Å²) in [6.45, 7) is 2.15. The second-order valence-electron chi connectivity index (χ2n) is 4.85. The Morgan fingerprint density at radius 3 is 2.57 bits per heavy atom. The van der Waals surface area contributed by atoms with Gasteiger partial charge in [0.2, 0.25) is 4.80 Å². The molecule has 0 aliphatic carbocycles. The van der Waals surface area contributed by atoms with E-state index in [0.717, 1.165) is 16.8 Å². The lowest BCUT2D eigenvalue weighted by Crippen LogP contribution is -2.08. The summed E-state index contributed by atoms with van der Waals surface area (Å²) in [5.41, 5.74) is 3.59. The fourth-order valence-corrected chi connectivity index (χ4v) is 3.14. The average Bonchev–Trinajstić information content (AvgIpc) is 2.85. The number of thiazole rings is 1. The van der Waals surface area contributed by atoms with E-state index < -0.39 is 0 Å². The summed E-state index contributed by atoms with van der Waals surface area (Å²) in [6, 6.07) is 16.7. The molecule has 0 bridgehead atoms. The predicted molar refractivity (Wildman–Crippen MR) is 89.8 cm³/mol. The summed E-state index contributed by atoms with van der Waals surface area (Å²) in [5.74, 6) is 0. The molecule has 0 N–H and O–H groups in total. The molecule has 1 heterocycles. The predicted octanol–water partition coefficient (Wildman–Crippen LogP) is 3.74. The zero-order valence-electron chi connectivity index (χ0n) is 12.2. The highest BCUT2D eigenvalue weighted by Crippen LogP contribution is 2.15. The Labute approximate surface area is 127 Å². The maximum atomic E-state index is 4.33. The lowest BCUT2D eigenvalue weighted by atomic mass is 10.1. The lowest BCUT2D eigenvalue weighted by molar-refractivity contribution is 0.889. The van der Waals surface area contributed by atoms with Crippen molar-refractivity contribution in [1.82, 2.24) is 4.57 Å². The van der Waals surface area contributed by atoms with Crippen molar-refractivity contribution in [3.05, 3.63) is 64.5 Å². The first-order valence-electron chi connectivity index (χ1n) is 6.98. The van der Waals surface area contributed by atoms with Crippen molar-refractivity contribution in [3.63, 3.8) is 0 Å². The monoisotopic (exact) mass is 295 g/mol. The molecule has 0 saturated carbocycles. The molecule has 0 saturated heterocycles. The molecule has 3 rings (SSSR count). The van der Waals surface area contributed by atoms with Gasteiger partial charge in [0, 0.05) is 7.05 Å². The summed E-state index contributed by atoms with van der Waals surface area (Å²) >= 11 is 1.65. The maximum absolute atomic E-state index is 4.33. The third kappa shape index (κ3) is 2.95. The molecular formula is C17H17N3S. The minimum atomic E-state index is 0.901. The standard InChI is InChI=1S/C17H17N3S/c1-3-13-8-10-14(11-9-13)12-18-19-17-20(2)15-6-4-5-7-16(15)21-17/h4-12H,3H2,1-2H3/b18-12+,19-17-. The molecule has 0 fully saturated rings. The van der Waals surface area contributed by atoms with E-state index >= 15 is 0 Å². The molecular weight excluding hydrogens is 278 g/mol. The molecule has 1 aromatic heterocycles. The minimum absolute atomic E-state index is 0.901. The highest BCUT2D eigenvalue weighted by molar-refractivity contribution is 7.16. The van der Waals surface area contributed by atoms with Crippen LogP contribution in [-0.4, -0.2) is 10.8 Å². The Morgan fingerprint density at radius 2 is 1.86 bits per heavy atom. The molecule has 0 radical (unpaired) electrons. The van der Waals surface area contributed by atoms with E-state index in [9.17, 15) is 0 Å². The highest BCUT2D eigenvalue weighted by Gasteiger charge is 2.00. The molecule has 21 heavy (non-hydrogen) atoms. The van der Waals surface area contributed by atoms with Crippen LogP contribution in [0, 0.1) is 0 Å². The molecule has 0 aliphatic heterocycles. The first-order valence-corrected chi connectivity index (χ1v) is 7.80. The Balaban J connectivity index is 1.89. The quantitative estimate of drug-likeness (QED) is 0.520. The van der Waals surface area contributed by atoms with Crippen LogP contribution >= 0.6 is 11.3 Å². The number of hydrogen-bond acceptors (Lipinski definition) is 3. The average molecular weight is 295 g/mol. The van der Waals surface area contributed by atoms with Crippen LogP contribution in [0.25, 0.3) is 10.2 Å². The van der Waals surface area contributed by atoms with Crippen molar-refractivity contribution >= 4 is 27.8 Å². The van der Waals surface area contributed by atoms with E-state index in [1.54, 1.807) is 17.6 Å². The molecule has 4 heteroatoms. The molecule has 3 nitrogen and oxygen atoms in total. The summed E-state index contributed by atoms with van der Waals surface area (Å²) in [6.07, 6.45) is 2.85. The summed E-state index contributed by atoms with van der Waals surface area (Å²) in [7, 11) is 2.02. The number of aryl methyl sites for hydroxylation is 2. The van der Waals surface area contributed by atoms with Gasteiger partial charge in [-0.05, 0) is 29.7 Å². The van der Waals surface area contributed by atoms with Crippen LogP contribution in [0.1, 0.15) is 18.1 Å². The summed E-state index contributed by atoms with van der Waals surface area (Å²) < 4.78 is 3.29. The van der Waals surface area contributed by atoms with Gasteiger partial charge >= 0.3 is 0 Å². The van der Waals surface area contributed by atoms with E-state index in [2.05, 4.69) is 58.1 Å². The highest BCUT2D eigenvalue weighted by atomic mass is 32.1. The van der Waals surface area contributed by atoms with Gasteiger partial charge in [0.05, 0.1) is 16.4 Å². The van der Waals surface area contributed by atoms with Gasteiger partial charge in [0.15, 0.2) is 0 Å². The Hall–Kier alpha value is -2.20. The topological polar surface area (TPSA) is 29.6 Å². The number of nitrogens with zero attached hydrogens (tertiary/aromatic N) is 3. The molecule has 0 unspecified atom stereocenters.